The third-order valence-corrected chi connectivity index (χ3v) is 3.42. The van der Waals surface area contributed by atoms with Crippen LogP contribution < -0.4 is 5.32 Å². The van der Waals surface area contributed by atoms with Crippen molar-refractivity contribution >= 4 is 25.2 Å². The summed E-state index contributed by atoms with van der Waals surface area (Å²) in [5.41, 5.74) is 0. The number of unbranched alkanes of at least 4 members (excludes halogenated alkanes) is 1. The Morgan fingerprint density at radius 1 is 1.30 bits per heavy atom. The van der Waals surface area contributed by atoms with Crippen LogP contribution in [0.3, 0.4) is 0 Å². The Kier molecular flexibility index (Phi) is 9.34. The number of nitrogens with one attached hydrogen (secondary N) is 1. The molecule has 123 valence electrons. The van der Waals surface area contributed by atoms with Crippen LogP contribution >= 0.6 is 0 Å². The molecule has 1 atom stereocenters. The summed E-state index contributed by atoms with van der Waals surface area (Å²) >= 11 is 0. The van der Waals surface area contributed by atoms with E-state index in [0.717, 1.165) is 25.4 Å². The lowest BCUT2D eigenvalue weighted by Crippen LogP contribution is -2.25. The first-order valence-electron chi connectivity index (χ1n) is 7.66. The normalized spacial score (nSPS) is 11.5. The zero-order chi connectivity index (χ0) is 16.9. The maximum Gasteiger partial charge on any atom is 0.220 e. The number of carbonyl (C=O) groups is 3. The number of amides is 1. The van der Waals surface area contributed by atoms with Crippen LogP contribution in [0.4, 0.5) is 0 Å². The molecule has 9 heteroatoms. The molecule has 0 saturated heterocycles. The van der Waals surface area contributed by atoms with Crippen molar-refractivity contribution in [3.8, 4) is 0 Å². The topological polar surface area (TPSA) is 115 Å². The Morgan fingerprint density at radius 2 is 2.04 bits per heavy atom. The van der Waals surface area contributed by atoms with Crippen molar-refractivity contribution in [3.05, 3.63) is 12.2 Å². The Morgan fingerprint density at radius 3 is 2.70 bits per heavy atom. The van der Waals surface area contributed by atoms with Gasteiger partial charge in [-0.3, -0.25) is 9.59 Å². The molecular formula is C14H21BN5O3. The van der Waals surface area contributed by atoms with E-state index in [0.29, 0.717) is 25.1 Å². The highest BCUT2D eigenvalue weighted by molar-refractivity contribution is 6.66. The minimum Gasteiger partial charge on any atom is -0.356 e. The molecule has 0 spiro atoms. The first-order chi connectivity index (χ1) is 11.1. The van der Waals surface area contributed by atoms with E-state index in [1.807, 2.05) is 0 Å². The number of ketones is 1. The second kappa shape index (κ2) is 11.4. The zero-order valence-electron chi connectivity index (χ0n) is 13.3. The van der Waals surface area contributed by atoms with Crippen molar-refractivity contribution < 1.29 is 14.4 Å². The predicted octanol–water partition coefficient (Wildman–Crippen LogP) is 0.00360. The summed E-state index contributed by atoms with van der Waals surface area (Å²) in [6.07, 6.45) is 5.49. The van der Waals surface area contributed by atoms with Crippen LogP contribution in [0, 0.1) is 5.92 Å². The summed E-state index contributed by atoms with van der Waals surface area (Å²) < 4.78 is 0. The van der Waals surface area contributed by atoms with E-state index in [-0.39, 0.29) is 24.0 Å². The largest absolute Gasteiger partial charge is 0.356 e. The van der Waals surface area contributed by atoms with Gasteiger partial charge in [0, 0.05) is 25.3 Å². The van der Waals surface area contributed by atoms with Gasteiger partial charge in [-0.05, 0) is 19.8 Å². The highest BCUT2D eigenvalue weighted by Crippen LogP contribution is 2.13. The summed E-state index contributed by atoms with van der Waals surface area (Å²) in [5.74, 6) is 0.358. The number of carbonyl (C=O) groups excluding carboxylic acids is 3. The summed E-state index contributed by atoms with van der Waals surface area (Å²) in [7, 11) is 1.48. The van der Waals surface area contributed by atoms with Gasteiger partial charge in [-0.1, -0.05) is 12.7 Å². The molecule has 0 aromatic carbocycles. The average Bonchev–Trinajstić information content (AvgIpc) is 2.56. The van der Waals surface area contributed by atoms with Crippen molar-refractivity contribution in [2.45, 2.75) is 45.3 Å². The summed E-state index contributed by atoms with van der Waals surface area (Å²) in [4.78, 5) is 33.4. The number of Topliss-reactive ketones (excluding diaryl/α,β-unsaturated/α-hetero) is 1. The van der Waals surface area contributed by atoms with E-state index in [9.17, 15) is 14.4 Å². The van der Waals surface area contributed by atoms with E-state index in [1.54, 1.807) is 6.92 Å². The van der Waals surface area contributed by atoms with Gasteiger partial charge in [-0.15, -0.1) is 20.4 Å². The third kappa shape index (κ3) is 8.75. The van der Waals surface area contributed by atoms with Crippen molar-refractivity contribution in [1.29, 1.82) is 0 Å². The minimum absolute atomic E-state index is 0.0742. The smallest absolute Gasteiger partial charge is 0.220 e. The Hall–Kier alpha value is -2.19. The molecule has 23 heavy (non-hydrogen) atoms. The summed E-state index contributed by atoms with van der Waals surface area (Å²) in [6, 6.07) is 0. The Bertz CT molecular complexity index is 500. The number of rotatable bonds is 12. The molecule has 0 fully saturated rings. The molecular weight excluding hydrogens is 297 g/mol. The van der Waals surface area contributed by atoms with Gasteiger partial charge in [-0.25, -0.2) is 0 Å². The van der Waals surface area contributed by atoms with Crippen LogP contribution in [-0.2, 0) is 20.8 Å². The van der Waals surface area contributed by atoms with Gasteiger partial charge in [0.1, 0.15) is 5.78 Å². The van der Waals surface area contributed by atoms with Gasteiger partial charge in [0.2, 0.25) is 5.91 Å². The number of aromatic nitrogens is 4. The lowest BCUT2D eigenvalue weighted by molar-refractivity contribution is -0.121. The Labute approximate surface area is 136 Å². The van der Waals surface area contributed by atoms with Crippen molar-refractivity contribution in [3.63, 3.8) is 0 Å². The molecule has 1 heterocycles. The van der Waals surface area contributed by atoms with Crippen LogP contribution in [0.15, 0.2) is 6.33 Å². The molecule has 1 N–H and O–H groups in total. The van der Waals surface area contributed by atoms with Crippen LogP contribution in [0.1, 0.15) is 38.4 Å². The van der Waals surface area contributed by atoms with Crippen LogP contribution in [0.25, 0.3) is 0 Å². The molecule has 0 aliphatic rings. The first-order valence-corrected chi connectivity index (χ1v) is 7.66. The second-order valence-corrected chi connectivity index (χ2v) is 5.22. The van der Waals surface area contributed by atoms with E-state index in [4.69, 9.17) is 0 Å². The number of aryl methyl sites for hydroxylation is 1. The van der Waals surface area contributed by atoms with Crippen LogP contribution in [0.2, 0.25) is 6.32 Å². The quantitative estimate of drug-likeness (QED) is 0.328. The van der Waals surface area contributed by atoms with Crippen molar-refractivity contribution in [2.75, 3.05) is 6.54 Å². The van der Waals surface area contributed by atoms with Gasteiger partial charge >= 0.3 is 0 Å². The van der Waals surface area contributed by atoms with E-state index in [2.05, 4.69) is 25.7 Å². The lowest BCUT2D eigenvalue weighted by Gasteiger charge is -2.11. The third-order valence-electron chi connectivity index (χ3n) is 3.42. The highest BCUT2D eigenvalue weighted by atomic mass is 16.1. The number of nitrogens with zero attached hydrogens (tertiary/aromatic N) is 4. The maximum absolute atomic E-state index is 11.7. The van der Waals surface area contributed by atoms with Crippen LogP contribution in [-0.4, -0.2) is 52.1 Å². The molecule has 1 aromatic rings. The molecule has 1 rings (SSSR count). The monoisotopic (exact) mass is 318 g/mol. The summed E-state index contributed by atoms with van der Waals surface area (Å²) in [6.45, 7) is 2.10. The fraction of sp³-hybridized carbons (Fsp3) is 0.643. The fourth-order valence-electron chi connectivity index (χ4n) is 2.09. The molecule has 1 amide bonds. The van der Waals surface area contributed by atoms with Crippen molar-refractivity contribution in [1.82, 2.24) is 25.7 Å². The molecule has 1 radical (unpaired) electrons. The van der Waals surface area contributed by atoms with E-state index < -0.39 is 0 Å². The van der Waals surface area contributed by atoms with E-state index >= 15 is 0 Å². The van der Waals surface area contributed by atoms with E-state index in [1.165, 1.54) is 13.6 Å². The number of hydrogen-bond donors (Lipinski definition) is 1. The predicted molar refractivity (Wildman–Crippen MR) is 84.3 cm³/mol. The summed E-state index contributed by atoms with van der Waals surface area (Å²) in [5, 5.41) is 17.5. The minimum atomic E-state index is -0.105. The zero-order valence-corrected chi connectivity index (χ0v) is 13.3. The molecule has 1 aromatic heterocycles. The Balaban J connectivity index is 2.10. The first kappa shape index (κ1) is 18.9. The highest BCUT2D eigenvalue weighted by Gasteiger charge is 2.13. The number of hydrogen-bond acceptors (Lipinski definition) is 7. The van der Waals surface area contributed by atoms with Gasteiger partial charge in [0.25, 0.3) is 0 Å². The molecule has 0 bridgehead atoms. The van der Waals surface area contributed by atoms with Gasteiger partial charge in [-0.2, -0.15) is 0 Å². The average molecular weight is 318 g/mol. The van der Waals surface area contributed by atoms with Crippen LogP contribution in [0.5, 0.6) is 0 Å². The van der Waals surface area contributed by atoms with Gasteiger partial charge in [0.15, 0.2) is 19.4 Å². The molecule has 0 saturated carbocycles. The maximum atomic E-state index is 11.7. The van der Waals surface area contributed by atoms with Crippen molar-refractivity contribution in [2.24, 2.45) is 5.92 Å². The lowest BCUT2D eigenvalue weighted by atomic mass is 9.69. The molecule has 0 aliphatic carbocycles. The molecule has 1 unspecified atom stereocenters. The molecule has 0 aliphatic heterocycles. The van der Waals surface area contributed by atoms with Gasteiger partial charge < -0.3 is 10.1 Å². The second-order valence-electron chi connectivity index (χ2n) is 5.22. The van der Waals surface area contributed by atoms with Gasteiger partial charge in [0.05, 0.1) is 6.19 Å². The molecule has 8 nitrogen and oxygen atoms in total. The fourth-order valence-corrected chi connectivity index (χ4v) is 2.09. The standard InChI is InChI=1S/C14H21BN5O3/c1-11(22)12(8-15-9-21)4-2-3-7-16-14(23)6-5-13-19-17-10-18-20-13/h9-10,12H,2-8H2,1H3,(H,16,23). The SMILES string of the molecule is CC(=O)C(C[B]C=O)CCCCNC(=O)CCc1nncnn1.